The second-order valence-electron chi connectivity index (χ2n) is 3.22. The van der Waals surface area contributed by atoms with Gasteiger partial charge in [0.05, 0.1) is 0 Å². The molecule has 1 aromatic heterocycles. The van der Waals surface area contributed by atoms with Gasteiger partial charge in [0.15, 0.2) is 5.82 Å². The summed E-state index contributed by atoms with van der Waals surface area (Å²) in [6.07, 6.45) is 3.88. The molecule has 0 aliphatic carbocycles. The molecule has 0 bridgehead atoms. The summed E-state index contributed by atoms with van der Waals surface area (Å²) < 4.78 is 5.22. The van der Waals surface area contributed by atoms with Gasteiger partial charge in [-0.15, -0.1) is 0 Å². The predicted molar refractivity (Wildman–Crippen MR) is 57.6 cm³/mol. The number of amidine groups is 1. The van der Waals surface area contributed by atoms with Gasteiger partial charge in [-0.2, -0.15) is 0 Å². The standard InChI is InChI=1S/C10H12N4O2/c1-2-16-6-8-13-7(5-15)9-10(14-8)12-4-3-11-9/h3-5,7H,2,6H2,1H3,(H,12,13,14). The second-order valence-corrected chi connectivity index (χ2v) is 3.22. The maximum Gasteiger partial charge on any atom is 0.178 e. The Labute approximate surface area is 92.8 Å². The van der Waals surface area contributed by atoms with E-state index in [-0.39, 0.29) is 0 Å². The van der Waals surface area contributed by atoms with E-state index in [1.54, 1.807) is 12.4 Å². The van der Waals surface area contributed by atoms with E-state index in [1.165, 1.54) is 0 Å². The van der Waals surface area contributed by atoms with Crippen molar-refractivity contribution in [3.63, 3.8) is 0 Å². The van der Waals surface area contributed by atoms with Crippen molar-refractivity contribution in [1.82, 2.24) is 15.3 Å². The number of nitrogens with one attached hydrogen (secondary N) is 1. The molecule has 2 heterocycles. The summed E-state index contributed by atoms with van der Waals surface area (Å²) in [5.41, 5.74) is 0.553. The SMILES string of the molecule is CCOCC1=Nc2nccnc2C(C=O)N1. The van der Waals surface area contributed by atoms with Gasteiger partial charge in [-0.25, -0.2) is 9.98 Å². The highest BCUT2D eigenvalue weighted by Gasteiger charge is 2.23. The fourth-order valence-electron chi connectivity index (χ4n) is 1.43. The van der Waals surface area contributed by atoms with Crippen molar-refractivity contribution in [3.8, 4) is 0 Å². The van der Waals surface area contributed by atoms with Gasteiger partial charge < -0.3 is 14.8 Å². The van der Waals surface area contributed by atoms with E-state index in [4.69, 9.17) is 4.74 Å². The van der Waals surface area contributed by atoms with Crippen LogP contribution >= 0.6 is 0 Å². The van der Waals surface area contributed by atoms with Gasteiger partial charge >= 0.3 is 0 Å². The molecule has 6 heteroatoms. The molecule has 0 fully saturated rings. The van der Waals surface area contributed by atoms with Crippen LogP contribution in [0.25, 0.3) is 0 Å². The third-order valence-electron chi connectivity index (χ3n) is 2.14. The summed E-state index contributed by atoms with van der Waals surface area (Å²) in [4.78, 5) is 23.3. The molecule has 1 aliphatic heterocycles. The molecule has 1 aliphatic rings. The number of aromatic nitrogens is 2. The van der Waals surface area contributed by atoms with Crippen molar-refractivity contribution in [1.29, 1.82) is 0 Å². The molecule has 84 valence electrons. The lowest BCUT2D eigenvalue weighted by molar-refractivity contribution is -0.109. The van der Waals surface area contributed by atoms with Crippen LogP contribution < -0.4 is 5.32 Å². The summed E-state index contributed by atoms with van der Waals surface area (Å²) in [5, 5.41) is 2.95. The first-order valence-corrected chi connectivity index (χ1v) is 5.03. The Hall–Kier alpha value is -1.82. The Morgan fingerprint density at radius 2 is 2.31 bits per heavy atom. The zero-order valence-electron chi connectivity index (χ0n) is 8.88. The first-order valence-electron chi connectivity index (χ1n) is 5.03. The number of fused-ring (bicyclic) bond motifs is 1. The van der Waals surface area contributed by atoms with Crippen LogP contribution in [-0.4, -0.2) is 35.3 Å². The molecule has 1 unspecified atom stereocenters. The minimum absolute atomic E-state index is 0.344. The lowest BCUT2D eigenvalue weighted by Gasteiger charge is -2.20. The van der Waals surface area contributed by atoms with E-state index in [9.17, 15) is 4.79 Å². The Bertz CT molecular complexity index is 419. The fourth-order valence-corrected chi connectivity index (χ4v) is 1.43. The summed E-state index contributed by atoms with van der Waals surface area (Å²) in [5.74, 6) is 1.08. The molecule has 2 rings (SSSR count). The molecule has 16 heavy (non-hydrogen) atoms. The molecule has 0 aromatic carbocycles. The fraction of sp³-hybridized carbons (Fsp3) is 0.400. The van der Waals surface area contributed by atoms with E-state index in [1.807, 2.05) is 6.92 Å². The largest absolute Gasteiger partial charge is 0.374 e. The molecule has 0 radical (unpaired) electrons. The first kappa shape index (κ1) is 10.7. The molecular weight excluding hydrogens is 208 g/mol. The van der Waals surface area contributed by atoms with Crippen LogP contribution in [-0.2, 0) is 9.53 Å². The molecule has 0 saturated carbocycles. The summed E-state index contributed by atoms with van der Waals surface area (Å²) >= 11 is 0. The van der Waals surface area contributed by atoms with Gasteiger partial charge in [0.25, 0.3) is 0 Å². The number of aliphatic imine (C=N–C) groups is 1. The molecular formula is C10H12N4O2. The number of hydrogen-bond acceptors (Lipinski definition) is 6. The minimum atomic E-state index is -0.489. The van der Waals surface area contributed by atoms with Gasteiger partial charge in [0.1, 0.15) is 30.5 Å². The Morgan fingerprint density at radius 1 is 1.50 bits per heavy atom. The van der Waals surface area contributed by atoms with E-state index in [0.717, 1.165) is 6.29 Å². The zero-order valence-corrected chi connectivity index (χ0v) is 8.88. The van der Waals surface area contributed by atoms with Gasteiger partial charge in [-0.3, -0.25) is 4.98 Å². The van der Waals surface area contributed by atoms with Crippen LogP contribution in [0, 0.1) is 0 Å². The van der Waals surface area contributed by atoms with Crippen LogP contribution in [0.5, 0.6) is 0 Å². The van der Waals surface area contributed by atoms with Crippen molar-refractivity contribution >= 4 is 17.9 Å². The molecule has 0 spiro atoms. The van der Waals surface area contributed by atoms with Crippen molar-refractivity contribution in [2.75, 3.05) is 13.2 Å². The maximum atomic E-state index is 10.9. The second kappa shape index (κ2) is 4.80. The summed E-state index contributed by atoms with van der Waals surface area (Å²) in [6.45, 7) is 2.84. The number of carbonyl (C=O) groups is 1. The number of hydrogen-bond donors (Lipinski definition) is 1. The number of rotatable bonds is 4. The van der Waals surface area contributed by atoms with Gasteiger partial charge in [0, 0.05) is 19.0 Å². The molecule has 6 nitrogen and oxygen atoms in total. The highest BCUT2D eigenvalue weighted by molar-refractivity contribution is 5.90. The topological polar surface area (TPSA) is 76.5 Å². The average molecular weight is 220 g/mol. The molecule has 1 N–H and O–H groups in total. The van der Waals surface area contributed by atoms with Gasteiger partial charge in [-0.1, -0.05) is 0 Å². The summed E-state index contributed by atoms with van der Waals surface area (Å²) in [6, 6.07) is -0.489. The number of carbonyl (C=O) groups excluding carboxylic acids is 1. The Balaban J connectivity index is 2.27. The Morgan fingerprint density at radius 3 is 3.06 bits per heavy atom. The van der Waals surface area contributed by atoms with Crippen molar-refractivity contribution < 1.29 is 9.53 Å². The minimum Gasteiger partial charge on any atom is -0.374 e. The van der Waals surface area contributed by atoms with E-state index >= 15 is 0 Å². The third kappa shape index (κ3) is 2.06. The third-order valence-corrected chi connectivity index (χ3v) is 2.14. The lowest BCUT2D eigenvalue weighted by atomic mass is 10.2. The highest BCUT2D eigenvalue weighted by atomic mass is 16.5. The quantitative estimate of drug-likeness (QED) is 0.742. The Kier molecular flexibility index (Phi) is 3.21. The van der Waals surface area contributed by atoms with Crippen LogP contribution in [0.15, 0.2) is 17.4 Å². The number of ether oxygens (including phenoxy) is 1. The van der Waals surface area contributed by atoms with Gasteiger partial charge in [0.2, 0.25) is 0 Å². The van der Waals surface area contributed by atoms with Gasteiger partial charge in [-0.05, 0) is 6.92 Å². The number of nitrogens with zero attached hydrogens (tertiary/aromatic N) is 3. The molecule has 1 aromatic rings. The van der Waals surface area contributed by atoms with E-state index in [2.05, 4.69) is 20.3 Å². The predicted octanol–water partition coefficient (Wildman–Crippen LogP) is 0.386. The van der Waals surface area contributed by atoms with Crippen LogP contribution in [0.2, 0.25) is 0 Å². The summed E-state index contributed by atoms with van der Waals surface area (Å²) in [7, 11) is 0. The lowest BCUT2D eigenvalue weighted by Crippen LogP contribution is -2.36. The smallest absolute Gasteiger partial charge is 0.178 e. The van der Waals surface area contributed by atoms with Crippen LogP contribution in [0.4, 0.5) is 5.82 Å². The average Bonchev–Trinajstić information content (AvgIpc) is 2.35. The maximum absolute atomic E-state index is 10.9. The first-order chi connectivity index (χ1) is 7.85. The van der Waals surface area contributed by atoms with E-state index < -0.39 is 6.04 Å². The van der Waals surface area contributed by atoms with Crippen molar-refractivity contribution in [2.24, 2.45) is 4.99 Å². The highest BCUT2D eigenvalue weighted by Crippen LogP contribution is 2.23. The monoisotopic (exact) mass is 220 g/mol. The number of aldehydes is 1. The normalized spacial score (nSPS) is 18.3. The van der Waals surface area contributed by atoms with Crippen molar-refractivity contribution in [2.45, 2.75) is 13.0 Å². The molecule has 0 amide bonds. The van der Waals surface area contributed by atoms with Crippen LogP contribution in [0.3, 0.4) is 0 Å². The molecule has 0 saturated heterocycles. The zero-order chi connectivity index (χ0) is 11.4. The van der Waals surface area contributed by atoms with Crippen molar-refractivity contribution in [3.05, 3.63) is 18.1 Å². The van der Waals surface area contributed by atoms with E-state index in [0.29, 0.717) is 30.6 Å². The molecule has 1 atom stereocenters. The van der Waals surface area contributed by atoms with Crippen LogP contribution in [0.1, 0.15) is 18.7 Å².